The van der Waals surface area contributed by atoms with E-state index in [1.807, 2.05) is 0 Å². The highest BCUT2D eigenvalue weighted by Gasteiger charge is 2.40. The first-order chi connectivity index (χ1) is 14.5. The van der Waals surface area contributed by atoms with Crippen molar-refractivity contribution >= 4 is 29.1 Å². The van der Waals surface area contributed by atoms with E-state index in [1.165, 1.54) is 6.92 Å². The molecule has 0 aromatic carbocycles. The first kappa shape index (κ1) is 24.1. The molecule has 2 aromatic heterocycles. The van der Waals surface area contributed by atoms with Crippen LogP contribution in [0.15, 0.2) is 58.3 Å². The van der Waals surface area contributed by atoms with E-state index in [0.29, 0.717) is 4.68 Å². The summed E-state index contributed by atoms with van der Waals surface area (Å²) in [5.74, 6) is -1.97. The van der Waals surface area contributed by atoms with Crippen LogP contribution in [0.5, 0.6) is 0 Å². The molecular formula is C20H18ClF5N4O. The smallest absolute Gasteiger partial charge is 0.394 e. The van der Waals surface area contributed by atoms with Gasteiger partial charge in [0.25, 0.3) is 0 Å². The van der Waals surface area contributed by atoms with Crippen molar-refractivity contribution in [2.75, 3.05) is 5.73 Å². The maximum Gasteiger partial charge on any atom is 0.434 e. The lowest BCUT2D eigenvalue weighted by molar-refractivity contribution is -0.142. The molecule has 2 aromatic rings. The molecule has 0 bridgehead atoms. The number of anilines is 1. The number of allylic oxidation sites excluding steroid dienone is 8. The molecule has 11 heteroatoms. The van der Waals surface area contributed by atoms with E-state index in [-0.39, 0.29) is 28.4 Å². The van der Waals surface area contributed by atoms with Crippen molar-refractivity contribution in [3.8, 4) is 11.3 Å². The predicted molar refractivity (Wildman–Crippen MR) is 110 cm³/mol. The summed E-state index contributed by atoms with van der Waals surface area (Å²) in [6, 6.07) is 0. The molecule has 0 aliphatic rings. The number of nitrogen functional groups attached to an aromatic ring is 1. The molecule has 2 heterocycles. The number of alkyl halides is 3. The highest BCUT2D eigenvalue weighted by molar-refractivity contribution is 6.33. The highest BCUT2D eigenvalue weighted by atomic mass is 35.5. The summed E-state index contributed by atoms with van der Waals surface area (Å²) in [6.45, 7) is 6.07. The molecule has 0 aliphatic heterocycles. The van der Waals surface area contributed by atoms with Gasteiger partial charge in [-0.05, 0) is 25.5 Å². The van der Waals surface area contributed by atoms with Crippen LogP contribution in [0.1, 0.15) is 31.7 Å². The van der Waals surface area contributed by atoms with Gasteiger partial charge in [-0.2, -0.15) is 18.3 Å². The van der Waals surface area contributed by atoms with E-state index in [4.69, 9.17) is 21.9 Å². The molecule has 0 aliphatic carbocycles. The molecule has 0 atom stereocenters. The van der Waals surface area contributed by atoms with E-state index < -0.39 is 34.8 Å². The largest absolute Gasteiger partial charge is 0.434 e. The maximum absolute atomic E-state index is 14.4. The van der Waals surface area contributed by atoms with Crippen LogP contribution in [0.2, 0.25) is 0 Å². The quantitative estimate of drug-likeness (QED) is 0.361. The Hall–Kier alpha value is -3.14. The first-order valence-corrected chi connectivity index (χ1v) is 9.21. The molecule has 0 spiro atoms. The molecule has 2 rings (SSSR count). The number of rotatable bonds is 7. The fourth-order valence-electron chi connectivity index (χ4n) is 2.58. The Morgan fingerprint density at radius 2 is 2.00 bits per heavy atom. The molecule has 0 fully saturated rings. The molecule has 0 amide bonds. The Balaban J connectivity index is 2.65. The third kappa shape index (κ3) is 5.32. The van der Waals surface area contributed by atoms with Crippen molar-refractivity contribution < 1.29 is 26.5 Å². The van der Waals surface area contributed by atoms with E-state index in [9.17, 15) is 22.0 Å². The molecule has 5 nitrogen and oxygen atoms in total. The van der Waals surface area contributed by atoms with Gasteiger partial charge < -0.3 is 10.3 Å². The van der Waals surface area contributed by atoms with Gasteiger partial charge in [-0.25, -0.2) is 13.5 Å². The minimum Gasteiger partial charge on any atom is -0.394 e. The summed E-state index contributed by atoms with van der Waals surface area (Å²) in [4.78, 5) is 0. The molecule has 2 N–H and O–H groups in total. The second-order valence-corrected chi connectivity index (χ2v) is 6.50. The number of hydrogen-bond donors (Lipinski definition) is 1. The lowest BCUT2D eigenvalue weighted by atomic mass is 10.1. The third-order valence-corrected chi connectivity index (χ3v) is 4.42. The zero-order valence-corrected chi connectivity index (χ0v) is 17.2. The summed E-state index contributed by atoms with van der Waals surface area (Å²) in [5.41, 5.74) is 3.51. The second kappa shape index (κ2) is 9.78. The van der Waals surface area contributed by atoms with Crippen LogP contribution in [0.4, 0.5) is 27.6 Å². The zero-order valence-electron chi connectivity index (χ0n) is 16.5. The summed E-state index contributed by atoms with van der Waals surface area (Å²) in [5, 5.41) is 7.38. The van der Waals surface area contributed by atoms with E-state index >= 15 is 0 Å². The Kier molecular flexibility index (Phi) is 7.61. The molecule has 166 valence electrons. The van der Waals surface area contributed by atoms with Crippen LogP contribution >= 0.6 is 11.6 Å². The molecule has 0 unspecified atom stereocenters. The second-order valence-electron chi connectivity index (χ2n) is 6.04. The van der Waals surface area contributed by atoms with Crippen LogP contribution in [0.25, 0.3) is 23.1 Å². The topological polar surface area (TPSA) is 69.9 Å². The number of aromatic nitrogens is 3. The number of hydrogen-bond acceptors (Lipinski definition) is 4. The highest BCUT2D eigenvalue weighted by Crippen LogP contribution is 2.43. The van der Waals surface area contributed by atoms with Crippen LogP contribution in [-0.4, -0.2) is 14.9 Å². The molecule has 0 saturated heterocycles. The molecular weight excluding hydrogens is 443 g/mol. The van der Waals surface area contributed by atoms with Gasteiger partial charge in [-0.3, -0.25) is 0 Å². The fraction of sp³-hybridized carbons (Fsp3) is 0.200. The SMILES string of the molecule is C=C(F)/C=C\C=C\n1ncc(-c2onc(C(/C(F)=C\C)=C(\Cl)CC)c2N)c1C(F)(F)F. The molecule has 0 saturated carbocycles. The molecule has 31 heavy (non-hydrogen) atoms. The van der Waals surface area contributed by atoms with Crippen molar-refractivity contribution in [1.82, 2.24) is 14.9 Å². The Labute approximate surface area is 179 Å². The summed E-state index contributed by atoms with van der Waals surface area (Å²) in [6.07, 6.45) is 1.55. The van der Waals surface area contributed by atoms with Crippen molar-refractivity contribution in [3.63, 3.8) is 0 Å². The van der Waals surface area contributed by atoms with E-state index in [1.54, 1.807) is 6.92 Å². The monoisotopic (exact) mass is 460 g/mol. The van der Waals surface area contributed by atoms with Gasteiger partial charge in [-0.1, -0.05) is 42.4 Å². The standard InChI is InChI=1S/C20H18ClF5N4O/c1-4-13(21)15(14(23)5-2)17-16(27)18(31-29-17)12-10-28-30(19(12)20(24,25)26)9-7-6-8-11(3)22/h5-10H,3-4,27H2,1-2H3/b8-6-,9-7+,14-5+,15-13-. The van der Waals surface area contributed by atoms with Gasteiger partial charge in [0.15, 0.2) is 11.5 Å². The maximum atomic E-state index is 14.4. The fourth-order valence-corrected chi connectivity index (χ4v) is 2.76. The lowest BCUT2D eigenvalue weighted by Gasteiger charge is -2.09. The molecule has 0 radical (unpaired) electrons. The van der Waals surface area contributed by atoms with Crippen molar-refractivity contribution in [2.45, 2.75) is 26.4 Å². The van der Waals surface area contributed by atoms with Crippen molar-refractivity contribution in [1.29, 1.82) is 0 Å². The third-order valence-electron chi connectivity index (χ3n) is 3.96. The minimum atomic E-state index is -4.86. The summed E-state index contributed by atoms with van der Waals surface area (Å²) >= 11 is 6.08. The van der Waals surface area contributed by atoms with Crippen LogP contribution in [0, 0.1) is 0 Å². The van der Waals surface area contributed by atoms with Gasteiger partial charge in [0.05, 0.1) is 17.3 Å². The van der Waals surface area contributed by atoms with Gasteiger partial charge in [-0.15, -0.1) is 0 Å². The average Bonchev–Trinajstić information content (AvgIpc) is 3.28. The lowest BCUT2D eigenvalue weighted by Crippen LogP contribution is -2.12. The van der Waals surface area contributed by atoms with Crippen molar-refractivity contribution in [3.05, 3.63) is 65.2 Å². The Bertz CT molecular complexity index is 1090. The van der Waals surface area contributed by atoms with E-state index in [2.05, 4.69) is 16.8 Å². The van der Waals surface area contributed by atoms with Gasteiger partial charge >= 0.3 is 6.18 Å². The predicted octanol–water partition coefficient (Wildman–Crippen LogP) is 6.88. The Morgan fingerprint density at radius 1 is 1.32 bits per heavy atom. The first-order valence-electron chi connectivity index (χ1n) is 8.83. The zero-order chi connectivity index (χ0) is 23.3. The number of nitrogens with zero attached hydrogens (tertiary/aromatic N) is 3. The normalized spacial score (nSPS) is 14.0. The van der Waals surface area contributed by atoms with Crippen LogP contribution in [0.3, 0.4) is 0 Å². The summed E-state index contributed by atoms with van der Waals surface area (Å²) in [7, 11) is 0. The average molecular weight is 461 g/mol. The van der Waals surface area contributed by atoms with Gasteiger partial charge in [0.1, 0.15) is 23.0 Å². The van der Waals surface area contributed by atoms with Crippen LogP contribution < -0.4 is 5.73 Å². The van der Waals surface area contributed by atoms with E-state index in [0.717, 1.165) is 36.7 Å². The summed E-state index contributed by atoms with van der Waals surface area (Å²) < 4.78 is 73.7. The van der Waals surface area contributed by atoms with Gasteiger partial charge in [0.2, 0.25) is 0 Å². The van der Waals surface area contributed by atoms with Crippen LogP contribution in [-0.2, 0) is 6.18 Å². The van der Waals surface area contributed by atoms with Gasteiger partial charge in [0, 0.05) is 11.2 Å². The number of halogens is 6. The van der Waals surface area contributed by atoms with Crippen molar-refractivity contribution in [2.24, 2.45) is 0 Å². The Morgan fingerprint density at radius 3 is 2.55 bits per heavy atom. The number of nitrogens with two attached hydrogens (primary N) is 1. The minimum absolute atomic E-state index is 0.0676.